The summed E-state index contributed by atoms with van der Waals surface area (Å²) in [5.74, 6) is -1.02. The van der Waals surface area contributed by atoms with E-state index in [-0.39, 0.29) is 35.6 Å². The fourth-order valence-electron chi connectivity index (χ4n) is 3.12. The lowest BCUT2D eigenvalue weighted by Gasteiger charge is -2.14. The second-order valence-electron chi connectivity index (χ2n) is 6.14. The summed E-state index contributed by atoms with van der Waals surface area (Å²) in [5, 5.41) is 20.8. The molecule has 27 heavy (non-hydrogen) atoms. The lowest BCUT2D eigenvalue weighted by Crippen LogP contribution is -2.28. The summed E-state index contributed by atoms with van der Waals surface area (Å²) in [6, 6.07) is 9.03. The van der Waals surface area contributed by atoms with Gasteiger partial charge in [0, 0.05) is 18.1 Å². The minimum atomic E-state index is -0.664. The van der Waals surface area contributed by atoms with Crippen LogP contribution >= 0.6 is 0 Å². The monoisotopic (exact) mass is 366 g/mol. The van der Waals surface area contributed by atoms with Gasteiger partial charge in [-0.15, -0.1) is 0 Å². The van der Waals surface area contributed by atoms with Crippen molar-refractivity contribution in [1.82, 2.24) is 4.57 Å². The maximum Gasteiger partial charge on any atom is 0.271 e. The number of benzene rings is 1. The number of carbonyl (C=O) groups excluding carboxylic acids is 1. The Morgan fingerprint density at radius 2 is 2.00 bits per heavy atom. The topological polar surface area (TPSA) is 105 Å². The van der Waals surface area contributed by atoms with Crippen LogP contribution < -0.4 is 5.56 Å². The number of hydrogen-bond acceptors (Lipinski definition) is 6. The van der Waals surface area contributed by atoms with Crippen molar-refractivity contribution in [3.8, 4) is 11.9 Å². The summed E-state index contributed by atoms with van der Waals surface area (Å²) in [7, 11) is 1.45. The fourth-order valence-corrected chi connectivity index (χ4v) is 3.12. The molecule has 1 aromatic carbocycles. The Morgan fingerprint density at radius 3 is 2.63 bits per heavy atom. The molecule has 2 heterocycles. The lowest BCUT2D eigenvalue weighted by atomic mass is 9.98. The van der Waals surface area contributed by atoms with Gasteiger partial charge < -0.3 is 14.3 Å². The largest absolute Gasteiger partial charge is 0.494 e. The molecule has 0 radical (unpaired) electrons. The van der Waals surface area contributed by atoms with E-state index in [9.17, 15) is 20.0 Å². The highest BCUT2D eigenvalue weighted by Gasteiger charge is 2.28. The predicted octanol–water partition coefficient (Wildman–Crippen LogP) is 2.67. The van der Waals surface area contributed by atoms with Crippen LogP contribution in [0.3, 0.4) is 0 Å². The molecule has 0 atom stereocenters. The van der Waals surface area contributed by atoms with Crippen molar-refractivity contribution in [2.45, 2.75) is 20.4 Å². The van der Waals surface area contributed by atoms with Crippen molar-refractivity contribution in [1.29, 1.82) is 5.26 Å². The minimum Gasteiger partial charge on any atom is -0.494 e. The molecular weight excluding hydrogens is 348 g/mol. The molecule has 1 N–H and O–H groups in total. The normalized spacial score (nSPS) is 10.9. The zero-order valence-corrected chi connectivity index (χ0v) is 15.2. The van der Waals surface area contributed by atoms with Crippen molar-refractivity contribution in [2.75, 3.05) is 13.7 Å². The SMILES string of the molecule is COCCn1c(O)c(C(=O)c2oc3ccccc3c2C)c(C)c(C#N)c1=O. The second-order valence-corrected chi connectivity index (χ2v) is 6.14. The van der Waals surface area contributed by atoms with Gasteiger partial charge in [-0.05, 0) is 25.5 Å². The third-order valence-corrected chi connectivity index (χ3v) is 4.60. The number of carbonyl (C=O) groups is 1. The average Bonchev–Trinajstić information content (AvgIpc) is 2.99. The van der Waals surface area contributed by atoms with Gasteiger partial charge in [-0.1, -0.05) is 18.2 Å². The summed E-state index contributed by atoms with van der Waals surface area (Å²) in [4.78, 5) is 25.6. The van der Waals surface area contributed by atoms with E-state index in [4.69, 9.17) is 9.15 Å². The number of methoxy groups -OCH3 is 1. The minimum absolute atomic E-state index is 0.00944. The molecule has 0 amide bonds. The van der Waals surface area contributed by atoms with Crippen LogP contribution in [0.2, 0.25) is 0 Å². The first-order valence-electron chi connectivity index (χ1n) is 8.30. The number of aryl methyl sites for hydroxylation is 1. The van der Waals surface area contributed by atoms with Gasteiger partial charge in [0.2, 0.25) is 11.7 Å². The highest BCUT2D eigenvalue weighted by Crippen LogP contribution is 2.30. The smallest absolute Gasteiger partial charge is 0.271 e. The molecule has 0 saturated carbocycles. The Balaban J connectivity index is 2.26. The van der Waals surface area contributed by atoms with Gasteiger partial charge in [0.15, 0.2) is 5.76 Å². The summed E-state index contributed by atoms with van der Waals surface area (Å²) >= 11 is 0. The molecule has 3 rings (SSSR count). The van der Waals surface area contributed by atoms with Crippen LogP contribution in [0.15, 0.2) is 33.5 Å². The Kier molecular flexibility index (Phi) is 4.84. The molecule has 0 unspecified atom stereocenters. The summed E-state index contributed by atoms with van der Waals surface area (Å²) in [6.45, 7) is 3.36. The number of nitriles is 1. The zero-order chi connectivity index (χ0) is 19.7. The second kappa shape index (κ2) is 7.09. The molecule has 0 aliphatic carbocycles. The number of ether oxygens (including phenoxy) is 1. The molecule has 0 aliphatic heterocycles. The van der Waals surface area contributed by atoms with Crippen molar-refractivity contribution in [3.63, 3.8) is 0 Å². The van der Waals surface area contributed by atoms with E-state index in [1.54, 1.807) is 19.1 Å². The predicted molar refractivity (Wildman–Crippen MR) is 98.1 cm³/mol. The van der Waals surface area contributed by atoms with Gasteiger partial charge >= 0.3 is 0 Å². The molecule has 3 aromatic rings. The fraction of sp³-hybridized carbons (Fsp3) is 0.250. The number of hydrogen-bond donors (Lipinski definition) is 1. The van der Waals surface area contributed by atoms with Gasteiger partial charge in [-0.2, -0.15) is 5.26 Å². The van der Waals surface area contributed by atoms with Crippen molar-refractivity contribution in [3.05, 3.63) is 62.6 Å². The first-order chi connectivity index (χ1) is 12.9. The molecule has 0 spiro atoms. The number of fused-ring (bicyclic) bond motifs is 1. The number of para-hydroxylation sites is 1. The van der Waals surface area contributed by atoms with E-state index < -0.39 is 17.2 Å². The van der Waals surface area contributed by atoms with Crippen LogP contribution in [0.25, 0.3) is 11.0 Å². The summed E-state index contributed by atoms with van der Waals surface area (Å²) in [6.07, 6.45) is 0. The Hall–Kier alpha value is -3.37. The van der Waals surface area contributed by atoms with E-state index in [2.05, 4.69) is 0 Å². The van der Waals surface area contributed by atoms with Crippen LogP contribution in [0.5, 0.6) is 5.88 Å². The molecule has 0 bridgehead atoms. The van der Waals surface area contributed by atoms with Crippen LogP contribution in [0.4, 0.5) is 0 Å². The first kappa shape index (κ1) is 18.4. The molecule has 2 aromatic heterocycles. The van der Waals surface area contributed by atoms with E-state index >= 15 is 0 Å². The highest BCUT2D eigenvalue weighted by molar-refractivity contribution is 6.12. The van der Waals surface area contributed by atoms with E-state index in [1.807, 2.05) is 18.2 Å². The van der Waals surface area contributed by atoms with Gasteiger partial charge in [0.1, 0.15) is 17.2 Å². The Bertz CT molecular complexity index is 1150. The van der Waals surface area contributed by atoms with Crippen LogP contribution in [0, 0.1) is 25.2 Å². The molecule has 0 aliphatic rings. The number of rotatable bonds is 5. The first-order valence-corrected chi connectivity index (χ1v) is 8.30. The van der Waals surface area contributed by atoms with Crippen LogP contribution in [0.1, 0.15) is 32.8 Å². The van der Waals surface area contributed by atoms with Gasteiger partial charge in [-0.3, -0.25) is 14.2 Å². The number of nitrogens with zero attached hydrogens (tertiary/aromatic N) is 2. The van der Waals surface area contributed by atoms with Gasteiger partial charge in [0.25, 0.3) is 5.56 Å². The standard InChI is InChI=1S/C20H18N2O5/c1-11-14(10-21)19(24)22(8-9-26-3)20(25)16(11)17(23)18-12(2)13-6-4-5-7-15(13)27-18/h4-7,25H,8-9H2,1-3H3. The van der Waals surface area contributed by atoms with Crippen molar-refractivity contribution < 1.29 is 19.1 Å². The van der Waals surface area contributed by atoms with Crippen molar-refractivity contribution >= 4 is 16.8 Å². The number of pyridine rings is 1. The maximum atomic E-state index is 13.2. The average molecular weight is 366 g/mol. The quantitative estimate of drug-likeness (QED) is 0.696. The molecule has 138 valence electrons. The van der Waals surface area contributed by atoms with E-state index in [1.165, 1.54) is 14.0 Å². The summed E-state index contributed by atoms with van der Waals surface area (Å²) in [5.41, 5.74) is 0.317. The number of aromatic hydroxyl groups is 1. The highest BCUT2D eigenvalue weighted by atomic mass is 16.5. The molecule has 7 heteroatoms. The molecular formula is C20H18N2O5. The maximum absolute atomic E-state index is 13.2. The van der Waals surface area contributed by atoms with Gasteiger partial charge in [-0.25, -0.2) is 0 Å². The van der Waals surface area contributed by atoms with Crippen LogP contribution in [-0.4, -0.2) is 29.2 Å². The number of aromatic nitrogens is 1. The Morgan fingerprint density at radius 1 is 1.30 bits per heavy atom. The zero-order valence-electron chi connectivity index (χ0n) is 15.2. The molecule has 0 saturated heterocycles. The van der Waals surface area contributed by atoms with Crippen molar-refractivity contribution in [2.24, 2.45) is 0 Å². The molecule has 7 nitrogen and oxygen atoms in total. The van der Waals surface area contributed by atoms with Crippen LogP contribution in [-0.2, 0) is 11.3 Å². The van der Waals surface area contributed by atoms with E-state index in [0.717, 1.165) is 9.95 Å². The Labute approximate surface area is 155 Å². The molecule has 0 fully saturated rings. The third kappa shape index (κ3) is 2.90. The third-order valence-electron chi connectivity index (χ3n) is 4.60. The van der Waals surface area contributed by atoms with E-state index in [0.29, 0.717) is 11.1 Å². The number of ketones is 1. The lowest BCUT2D eigenvalue weighted by molar-refractivity contribution is 0.100. The number of furan rings is 1. The van der Waals surface area contributed by atoms with Gasteiger partial charge in [0.05, 0.1) is 18.7 Å². The summed E-state index contributed by atoms with van der Waals surface area (Å²) < 4.78 is 11.6.